The highest BCUT2D eigenvalue weighted by atomic mass is 32.1. The van der Waals surface area contributed by atoms with Gasteiger partial charge in [0, 0.05) is 11.9 Å². The highest BCUT2D eigenvalue weighted by molar-refractivity contribution is 7.07. The molecular formula is C12H15N3OS. The van der Waals surface area contributed by atoms with Crippen LogP contribution in [0.5, 0.6) is 0 Å². The van der Waals surface area contributed by atoms with Crippen molar-refractivity contribution in [1.82, 2.24) is 15.3 Å². The van der Waals surface area contributed by atoms with Crippen LogP contribution in [0.25, 0.3) is 0 Å². The molecule has 0 aliphatic carbocycles. The molecule has 0 bridgehead atoms. The van der Waals surface area contributed by atoms with Crippen LogP contribution in [-0.4, -0.2) is 15.9 Å². The number of thiophene rings is 1. The standard InChI is InChI=1S/C12H15N3OS/c1-8-6-13-12(14-8)9(2)15-11(16)5-10-3-4-17-7-10/h3-4,6-7,9H,5H2,1-2H3,(H,13,14)(H,15,16)/t9-/m0/s1. The Kier molecular flexibility index (Phi) is 3.58. The molecule has 2 aromatic rings. The largest absolute Gasteiger partial charge is 0.346 e. The van der Waals surface area contributed by atoms with Crippen molar-refractivity contribution < 1.29 is 4.79 Å². The second kappa shape index (κ2) is 5.14. The third-order valence-electron chi connectivity index (χ3n) is 2.45. The SMILES string of the molecule is Cc1cnc([C@H](C)NC(=O)Cc2ccsc2)[nH]1. The van der Waals surface area contributed by atoms with Gasteiger partial charge in [0.15, 0.2) is 0 Å². The zero-order valence-corrected chi connectivity index (χ0v) is 10.7. The van der Waals surface area contributed by atoms with Gasteiger partial charge in [-0.3, -0.25) is 4.79 Å². The van der Waals surface area contributed by atoms with E-state index >= 15 is 0 Å². The number of rotatable bonds is 4. The van der Waals surface area contributed by atoms with E-state index in [1.165, 1.54) is 0 Å². The Bertz CT molecular complexity index is 490. The Balaban J connectivity index is 1.90. The van der Waals surface area contributed by atoms with Crippen molar-refractivity contribution in [3.05, 3.63) is 40.1 Å². The number of H-pyrrole nitrogens is 1. The Morgan fingerprint density at radius 3 is 3.06 bits per heavy atom. The van der Waals surface area contributed by atoms with Crippen LogP contribution in [-0.2, 0) is 11.2 Å². The van der Waals surface area contributed by atoms with E-state index in [0.29, 0.717) is 6.42 Å². The van der Waals surface area contributed by atoms with Crippen molar-refractivity contribution in [1.29, 1.82) is 0 Å². The smallest absolute Gasteiger partial charge is 0.225 e. The van der Waals surface area contributed by atoms with E-state index in [2.05, 4.69) is 15.3 Å². The van der Waals surface area contributed by atoms with E-state index in [1.54, 1.807) is 17.5 Å². The lowest BCUT2D eigenvalue weighted by Gasteiger charge is -2.10. The van der Waals surface area contributed by atoms with E-state index in [1.807, 2.05) is 30.7 Å². The summed E-state index contributed by atoms with van der Waals surface area (Å²) < 4.78 is 0. The molecule has 0 aliphatic rings. The van der Waals surface area contributed by atoms with Gasteiger partial charge in [-0.1, -0.05) is 0 Å². The van der Waals surface area contributed by atoms with E-state index in [0.717, 1.165) is 17.1 Å². The van der Waals surface area contributed by atoms with Gasteiger partial charge < -0.3 is 10.3 Å². The minimum atomic E-state index is -0.0881. The first-order valence-corrected chi connectivity index (χ1v) is 6.41. The zero-order chi connectivity index (χ0) is 12.3. The minimum Gasteiger partial charge on any atom is -0.346 e. The number of aromatic nitrogens is 2. The zero-order valence-electron chi connectivity index (χ0n) is 9.86. The second-order valence-electron chi connectivity index (χ2n) is 4.05. The van der Waals surface area contributed by atoms with Gasteiger partial charge in [0.2, 0.25) is 5.91 Å². The number of imidazole rings is 1. The summed E-state index contributed by atoms with van der Waals surface area (Å²) in [6.07, 6.45) is 2.18. The maximum absolute atomic E-state index is 11.8. The first kappa shape index (κ1) is 11.9. The van der Waals surface area contributed by atoms with Crippen LogP contribution in [0.1, 0.15) is 30.0 Å². The molecule has 5 heteroatoms. The lowest BCUT2D eigenvalue weighted by Crippen LogP contribution is -2.28. The van der Waals surface area contributed by atoms with Crippen molar-refractivity contribution in [3.8, 4) is 0 Å². The average Bonchev–Trinajstić information content (AvgIpc) is 2.89. The second-order valence-corrected chi connectivity index (χ2v) is 4.83. The summed E-state index contributed by atoms with van der Waals surface area (Å²) in [6.45, 7) is 3.86. The normalized spacial score (nSPS) is 12.4. The molecule has 1 atom stereocenters. The summed E-state index contributed by atoms with van der Waals surface area (Å²) in [5.41, 5.74) is 2.05. The molecule has 0 radical (unpaired) electrons. The minimum absolute atomic E-state index is 0.0185. The van der Waals surface area contributed by atoms with Gasteiger partial charge in [0.25, 0.3) is 0 Å². The van der Waals surface area contributed by atoms with Crippen LogP contribution < -0.4 is 5.32 Å². The fraction of sp³-hybridized carbons (Fsp3) is 0.333. The third kappa shape index (κ3) is 3.17. The predicted molar refractivity (Wildman–Crippen MR) is 67.9 cm³/mol. The Morgan fingerprint density at radius 2 is 2.47 bits per heavy atom. The molecule has 2 aromatic heterocycles. The van der Waals surface area contributed by atoms with Crippen molar-refractivity contribution in [2.45, 2.75) is 26.3 Å². The number of hydrogen-bond donors (Lipinski definition) is 2. The maximum Gasteiger partial charge on any atom is 0.225 e. The van der Waals surface area contributed by atoms with Gasteiger partial charge in [-0.25, -0.2) is 4.98 Å². The quantitative estimate of drug-likeness (QED) is 0.872. The first-order chi connectivity index (χ1) is 8.15. The molecule has 17 heavy (non-hydrogen) atoms. The van der Waals surface area contributed by atoms with Crippen molar-refractivity contribution in [2.75, 3.05) is 0 Å². The van der Waals surface area contributed by atoms with Crippen LogP contribution in [0.4, 0.5) is 0 Å². The van der Waals surface area contributed by atoms with Gasteiger partial charge in [0.1, 0.15) is 5.82 Å². The maximum atomic E-state index is 11.8. The predicted octanol–water partition coefficient (Wildman–Crippen LogP) is 2.20. The molecule has 1 amide bonds. The molecule has 0 fully saturated rings. The number of aryl methyl sites for hydroxylation is 1. The third-order valence-corrected chi connectivity index (χ3v) is 3.19. The van der Waals surface area contributed by atoms with Crippen LogP contribution in [0, 0.1) is 6.92 Å². The molecule has 2 rings (SSSR count). The molecule has 0 saturated carbocycles. The van der Waals surface area contributed by atoms with Crippen LogP contribution in [0.2, 0.25) is 0 Å². The van der Waals surface area contributed by atoms with Crippen molar-refractivity contribution in [2.24, 2.45) is 0 Å². The summed E-state index contributed by atoms with van der Waals surface area (Å²) in [7, 11) is 0. The fourth-order valence-corrected chi connectivity index (χ4v) is 2.26. The number of hydrogen-bond acceptors (Lipinski definition) is 3. The van der Waals surface area contributed by atoms with Crippen LogP contribution in [0.15, 0.2) is 23.0 Å². The monoisotopic (exact) mass is 249 g/mol. The summed E-state index contributed by atoms with van der Waals surface area (Å²) in [4.78, 5) is 19.1. The number of nitrogens with zero attached hydrogens (tertiary/aromatic N) is 1. The molecular weight excluding hydrogens is 234 g/mol. The Hall–Kier alpha value is -1.62. The van der Waals surface area contributed by atoms with E-state index < -0.39 is 0 Å². The van der Waals surface area contributed by atoms with Crippen LogP contribution in [0.3, 0.4) is 0 Å². The molecule has 0 saturated heterocycles. The van der Waals surface area contributed by atoms with Gasteiger partial charge in [-0.15, -0.1) is 0 Å². The van der Waals surface area contributed by atoms with E-state index in [9.17, 15) is 4.79 Å². The van der Waals surface area contributed by atoms with Crippen molar-refractivity contribution >= 4 is 17.2 Å². The number of carbonyl (C=O) groups is 1. The van der Waals surface area contributed by atoms with Crippen molar-refractivity contribution in [3.63, 3.8) is 0 Å². The summed E-state index contributed by atoms with van der Waals surface area (Å²) in [5.74, 6) is 0.811. The molecule has 2 heterocycles. The molecule has 0 spiro atoms. The number of nitrogens with one attached hydrogen (secondary N) is 2. The van der Waals surface area contributed by atoms with Gasteiger partial charge in [-0.2, -0.15) is 11.3 Å². The number of aromatic amines is 1. The Labute approximate surface area is 104 Å². The molecule has 0 aromatic carbocycles. The number of carbonyl (C=O) groups excluding carboxylic acids is 1. The molecule has 2 N–H and O–H groups in total. The first-order valence-electron chi connectivity index (χ1n) is 5.47. The summed E-state index contributed by atoms with van der Waals surface area (Å²) in [5, 5.41) is 6.88. The topological polar surface area (TPSA) is 57.8 Å². The highest BCUT2D eigenvalue weighted by Gasteiger charge is 2.12. The summed E-state index contributed by atoms with van der Waals surface area (Å²) >= 11 is 1.60. The van der Waals surface area contributed by atoms with Gasteiger partial charge in [-0.05, 0) is 36.2 Å². The molecule has 4 nitrogen and oxygen atoms in total. The summed E-state index contributed by atoms with van der Waals surface area (Å²) in [6, 6.07) is 1.88. The van der Waals surface area contributed by atoms with Gasteiger partial charge in [0.05, 0.1) is 12.5 Å². The van der Waals surface area contributed by atoms with E-state index in [-0.39, 0.29) is 11.9 Å². The number of amides is 1. The average molecular weight is 249 g/mol. The lowest BCUT2D eigenvalue weighted by atomic mass is 10.2. The molecule has 90 valence electrons. The molecule has 0 aliphatic heterocycles. The van der Waals surface area contributed by atoms with E-state index in [4.69, 9.17) is 0 Å². The lowest BCUT2D eigenvalue weighted by molar-refractivity contribution is -0.121. The van der Waals surface area contributed by atoms with Gasteiger partial charge >= 0.3 is 0 Å². The van der Waals surface area contributed by atoms with Crippen LogP contribution >= 0.6 is 11.3 Å². The fourth-order valence-electron chi connectivity index (χ4n) is 1.59. The highest BCUT2D eigenvalue weighted by Crippen LogP contribution is 2.10. The Morgan fingerprint density at radius 1 is 1.65 bits per heavy atom. The molecule has 0 unspecified atom stereocenters.